The maximum Gasteiger partial charge on any atom is 0.407 e. The van der Waals surface area contributed by atoms with Gasteiger partial charge in [0.1, 0.15) is 12.6 Å². The van der Waals surface area contributed by atoms with Gasteiger partial charge < -0.3 is 14.9 Å². The quantitative estimate of drug-likeness (QED) is 0.717. The summed E-state index contributed by atoms with van der Waals surface area (Å²) in [7, 11) is 0. The predicted molar refractivity (Wildman–Crippen MR) is 121 cm³/mol. The van der Waals surface area contributed by atoms with E-state index in [0.717, 1.165) is 53.0 Å². The van der Waals surface area contributed by atoms with E-state index in [1.54, 1.807) is 0 Å². The van der Waals surface area contributed by atoms with Crippen LogP contribution in [0.2, 0.25) is 0 Å². The van der Waals surface area contributed by atoms with Crippen LogP contribution in [0, 0.1) is 5.92 Å². The van der Waals surface area contributed by atoms with Crippen molar-refractivity contribution in [3.05, 3.63) is 59.7 Å². The Kier molecular flexibility index (Phi) is 6.03. The van der Waals surface area contributed by atoms with Crippen molar-refractivity contribution in [3.63, 3.8) is 0 Å². The second-order valence-corrected chi connectivity index (χ2v) is 9.00. The third-order valence-corrected chi connectivity index (χ3v) is 6.97. The Balaban J connectivity index is 1.26. The third-order valence-electron chi connectivity index (χ3n) is 6.97. The number of hydrogen-bond acceptors (Lipinski definition) is 5. The minimum absolute atomic E-state index is 0.0179. The van der Waals surface area contributed by atoms with Crippen LogP contribution < -0.4 is 5.32 Å². The fourth-order valence-corrected chi connectivity index (χ4v) is 5.31. The van der Waals surface area contributed by atoms with E-state index in [2.05, 4.69) is 29.6 Å². The third kappa shape index (κ3) is 4.32. The van der Waals surface area contributed by atoms with Crippen molar-refractivity contribution < 1.29 is 24.0 Å². The Labute approximate surface area is 193 Å². The van der Waals surface area contributed by atoms with Gasteiger partial charge in [0, 0.05) is 12.3 Å². The van der Waals surface area contributed by atoms with E-state index in [0.29, 0.717) is 19.4 Å². The Morgan fingerprint density at radius 2 is 1.61 bits per heavy atom. The van der Waals surface area contributed by atoms with Crippen LogP contribution in [0.25, 0.3) is 11.1 Å². The highest BCUT2D eigenvalue weighted by atomic mass is 16.7. The standard InChI is InChI=1S/C26H28N2O5/c29-23-14-7-15-28(23)33-25(30)24(17-8-1-2-9-17)27-26(31)32-16-22-20-12-5-3-10-18(20)19-11-4-6-13-21(19)22/h3-6,10-13,17,22,24H,1-2,7-9,14-16H2,(H,27,31)/t24-/m0/s1. The maximum absolute atomic E-state index is 12.9. The number of ether oxygens (including phenoxy) is 1. The number of nitrogens with zero attached hydrogens (tertiary/aromatic N) is 1. The highest BCUT2D eigenvalue weighted by Crippen LogP contribution is 2.44. The molecule has 1 atom stereocenters. The number of benzene rings is 2. The molecule has 2 aliphatic carbocycles. The van der Waals surface area contributed by atoms with Crippen molar-refractivity contribution in [1.29, 1.82) is 0 Å². The molecule has 2 aromatic rings. The van der Waals surface area contributed by atoms with E-state index >= 15 is 0 Å². The zero-order valence-electron chi connectivity index (χ0n) is 18.5. The number of fused-ring (bicyclic) bond motifs is 3. The highest BCUT2D eigenvalue weighted by molar-refractivity contribution is 5.84. The molecule has 1 aliphatic heterocycles. The minimum atomic E-state index is -0.823. The van der Waals surface area contributed by atoms with Crippen LogP contribution in [0.1, 0.15) is 55.6 Å². The molecule has 0 aromatic heterocycles. The lowest BCUT2D eigenvalue weighted by molar-refractivity contribution is -0.195. The van der Waals surface area contributed by atoms with Gasteiger partial charge in [0.05, 0.1) is 6.54 Å². The van der Waals surface area contributed by atoms with E-state index in [1.807, 2.05) is 24.3 Å². The maximum atomic E-state index is 12.9. The van der Waals surface area contributed by atoms with Crippen LogP contribution in [-0.2, 0) is 19.2 Å². The first-order valence-corrected chi connectivity index (χ1v) is 11.8. The molecule has 0 bridgehead atoms. The van der Waals surface area contributed by atoms with Gasteiger partial charge in [0.25, 0.3) is 5.91 Å². The summed E-state index contributed by atoms with van der Waals surface area (Å²) in [6, 6.07) is 15.5. The average Bonchev–Trinajstić information content (AvgIpc) is 3.56. The Morgan fingerprint density at radius 1 is 0.970 bits per heavy atom. The van der Waals surface area contributed by atoms with E-state index in [-0.39, 0.29) is 24.3 Å². The van der Waals surface area contributed by atoms with E-state index < -0.39 is 18.1 Å². The van der Waals surface area contributed by atoms with Crippen molar-refractivity contribution in [2.24, 2.45) is 5.92 Å². The topological polar surface area (TPSA) is 84.9 Å². The van der Waals surface area contributed by atoms with E-state index in [1.165, 1.54) is 0 Å². The molecule has 3 aliphatic rings. The summed E-state index contributed by atoms with van der Waals surface area (Å²) in [5, 5.41) is 3.86. The monoisotopic (exact) mass is 448 g/mol. The number of hydrogen-bond donors (Lipinski definition) is 1. The van der Waals surface area contributed by atoms with Crippen molar-refractivity contribution in [2.45, 2.75) is 50.5 Å². The van der Waals surface area contributed by atoms with Crippen molar-refractivity contribution in [2.75, 3.05) is 13.2 Å². The number of carbonyl (C=O) groups is 3. The second kappa shape index (κ2) is 9.25. The fraction of sp³-hybridized carbons (Fsp3) is 0.423. The molecule has 7 heteroatoms. The number of hydroxylamine groups is 2. The van der Waals surface area contributed by atoms with Gasteiger partial charge in [-0.1, -0.05) is 61.4 Å². The summed E-state index contributed by atoms with van der Waals surface area (Å²) in [5.74, 6) is -0.863. The van der Waals surface area contributed by atoms with Crippen molar-refractivity contribution in [3.8, 4) is 11.1 Å². The smallest absolute Gasteiger partial charge is 0.407 e. The molecular formula is C26H28N2O5. The number of amides is 2. The Hall–Kier alpha value is -3.35. The first-order valence-electron chi connectivity index (χ1n) is 11.8. The summed E-state index contributed by atoms with van der Waals surface area (Å²) in [6.45, 7) is 0.573. The van der Waals surface area contributed by atoms with Crippen molar-refractivity contribution >= 4 is 18.0 Å². The summed E-state index contributed by atoms with van der Waals surface area (Å²) >= 11 is 0. The van der Waals surface area contributed by atoms with Gasteiger partial charge in [0.15, 0.2) is 0 Å². The summed E-state index contributed by atoms with van der Waals surface area (Å²) in [4.78, 5) is 42.9. The van der Waals surface area contributed by atoms with Gasteiger partial charge in [-0.15, -0.1) is 0 Å². The van der Waals surface area contributed by atoms with E-state index in [9.17, 15) is 14.4 Å². The zero-order valence-corrected chi connectivity index (χ0v) is 18.5. The van der Waals surface area contributed by atoms with Crippen LogP contribution in [-0.4, -0.2) is 42.2 Å². The van der Waals surface area contributed by atoms with Crippen LogP contribution >= 0.6 is 0 Å². The van der Waals surface area contributed by atoms with Crippen molar-refractivity contribution in [1.82, 2.24) is 10.4 Å². The average molecular weight is 449 g/mol. The van der Waals surface area contributed by atoms with Crippen LogP contribution in [0.15, 0.2) is 48.5 Å². The molecule has 2 aromatic carbocycles. The van der Waals surface area contributed by atoms with Crippen LogP contribution in [0.4, 0.5) is 4.79 Å². The van der Waals surface area contributed by atoms with Gasteiger partial charge in [-0.2, -0.15) is 5.06 Å². The number of carbonyl (C=O) groups excluding carboxylic acids is 3. The zero-order chi connectivity index (χ0) is 22.8. The molecule has 33 heavy (non-hydrogen) atoms. The second-order valence-electron chi connectivity index (χ2n) is 9.00. The van der Waals surface area contributed by atoms with Crippen LogP contribution in [0.3, 0.4) is 0 Å². The van der Waals surface area contributed by atoms with Gasteiger partial charge >= 0.3 is 12.1 Å². The molecule has 172 valence electrons. The molecule has 5 rings (SSSR count). The molecule has 1 N–H and O–H groups in total. The summed E-state index contributed by atoms with van der Waals surface area (Å²) < 4.78 is 5.63. The lowest BCUT2D eigenvalue weighted by atomic mass is 9.98. The molecule has 1 saturated heterocycles. The van der Waals surface area contributed by atoms with Gasteiger partial charge in [-0.25, -0.2) is 9.59 Å². The fourth-order valence-electron chi connectivity index (χ4n) is 5.31. The molecule has 2 amide bonds. The molecule has 7 nitrogen and oxygen atoms in total. The van der Waals surface area contributed by atoms with Crippen LogP contribution in [0.5, 0.6) is 0 Å². The van der Waals surface area contributed by atoms with Gasteiger partial charge in [0.2, 0.25) is 0 Å². The molecule has 2 fully saturated rings. The molecule has 0 spiro atoms. The number of alkyl carbamates (subject to hydrolysis) is 1. The van der Waals surface area contributed by atoms with Gasteiger partial charge in [-0.05, 0) is 47.4 Å². The number of nitrogens with one attached hydrogen (secondary N) is 1. The Bertz CT molecular complexity index is 1020. The first-order chi connectivity index (χ1) is 16.1. The molecule has 1 heterocycles. The normalized spacial score (nSPS) is 18.7. The highest BCUT2D eigenvalue weighted by Gasteiger charge is 2.37. The summed E-state index contributed by atoms with van der Waals surface area (Å²) in [5.41, 5.74) is 4.58. The molecule has 0 unspecified atom stereocenters. The van der Waals surface area contributed by atoms with Gasteiger partial charge in [-0.3, -0.25) is 4.79 Å². The lowest BCUT2D eigenvalue weighted by Gasteiger charge is -2.25. The molecule has 0 radical (unpaired) electrons. The predicted octanol–water partition coefficient (Wildman–Crippen LogP) is 4.16. The number of rotatable bonds is 6. The Morgan fingerprint density at radius 3 is 2.21 bits per heavy atom. The lowest BCUT2D eigenvalue weighted by Crippen LogP contribution is -2.48. The molecule has 1 saturated carbocycles. The van der Waals surface area contributed by atoms with E-state index in [4.69, 9.17) is 9.57 Å². The molecular weight excluding hydrogens is 420 g/mol. The SMILES string of the molecule is O=C(N[C@H](C(=O)ON1CCCC1=O)C1CCCC1)OCC1c2ccccc2-c2ccccc21. The minimum Gasteiger partial charge on any atom is -0.449 e. The largest absolute Gasteiger partial charge is 0.449 e. The summed E-state index contributed by atoms with van der Waals surface area (Å²) in [6.07, 6.45) is 4.07. The first kappa shape index (κ1) is 21.5.